The molecular weight excluding hydrogens is 293 g/mol. The zero-order chi connectivity index (χ0) is 15.0. The van der Waals surface area contributed by atoms with E-state index in [0.29, 0.717) is 12.1 Å². The molecule has 1 rings (SSSR count). The average molecular weight is 298 g/mol. The summed E-state index contributed by atoms with van der Waals surface area (Å²) in [6.07, 6.45) is -5.21. The van der Waals surface area contributed by atoms with Crippen molar-refractivity contribution in [1.29, 1.82) is 0 Å². The number of nitrogens with zero attached hydrogens (tertiary/aromatic N) is 2. The number of ketones is 1. The molecule has 0 aliphatic rings. The summed E-state index contributed by atoms with van der Waals surface area (Å²) in [5.41, 5.74) is -2.57. The summed E-state index contributed by atoms with van der Waals surface area (Å²) < 4.78 is 36.8. The number of carbonyl (C=O) groups is 1. The molecule has 0 bridgehead atoms. The Balaban J connectivity index is 3.57. The number of benzene rings is 1. The van der Waals surface area contributed by atoms with Gasteiger partial charge in [0.2, 0.25) is 0 Å². The van der Waals surface area contributed by atoms with Crippen LogP contribution in [0.2, 0.25) is 5.02 Å². The lowest BCUT2D eigenvalue weighted by Crippen LogP contribution is -2.23. The molecule has 0 spiro atoms. The Bertz CT molecular complexity index is 550. The minimum atomic E-state index is -5.21. The van der Waals surface area contributed by atoms with Crippen molar-refractivity contribution in [3.05, 3.63) is 37.7 Å². The number of nitroso groups, excluding NO2 is 1. The van der Waals surface area contributed by atoms with Gasteiger partial charge in [-0.25, -0.2) is 0 Å². The van der Waals surface area contributed by atoms with Crippen LogP contribution in [-0.2, 0) is 0 Å². The van der Waals surface area contributed by atoms with Gasteiger partial charge in [-0.15, -0.1) is 0 Å². The van der Waals surface area contributed by atoms with Crippen LogP contribution < -0.4 is 0 Å². The van der Waals surface area contributed by atoms with Crippen LogP contribution >= 0.6 is 11.6 Å². The van der Waals surface area contributed by atoms with Gasteiger partial charge in [0.1, 0.15) is 0 Å². The fraction of sp³-hybridized carbons (Fsp3) is 0.222. The van der Waals surface area contributed by atoms with Crippen molar-refractivity contribution < 1.29 is 27.6 Å². The molecule has 0 atom stereocenters. The monoisotopic (exact) mass is 297 g/mol. The highest BCUT2D eigenvalue weighted by Crippen LogP contribution is 2.36. The van der Waals surface area contributed by atoms with Gasteiger partial charge in [0.05, 0.1) is 4.92 Å². The summed E-state index contributed by atoms with van der Waals surface area (Å²) in [4.78, 5) is 31.6. The standard InChI is InChI=1S/C9H5ClF3N2O4/c1-14(17)5-2-4(8(16)9(11,12)13)3-6(7(5)10)15(18)19/h2-3H,1H3/q+1. The Kier molecular flexibility index (Phi) is 3.89. The summed E-state index contributed by atoms with van der Waals surface area (Å²) in [7, 11) is 0.882. The predicted molar refractivity (Wildman–Crippen MR) is 57.7 cm³/mol. The Morgan fingerprint density at radius 1 is 1.26 bits per heavy atom. The zero-order valence-corrected chi connectivity index (χ0v) is 9.95. The molecule has 0 amide bonds. The van der Waals surface area contributed by atoms with Crippen molar-refractivity contribution in [2.45, 2.75) is 6.18 Å². The van der Waals surface area contributed by atoms with Crippen LogP contribution in [0.15, 0.2) is 12.1 Å². The molecule has 0 heterocycles. The van der Waals surface area contributed by atoms with Crippen LogP contribution in [0, 0.1) is 15.0 Å². The van der Waals surface area contributed by atoms with E-state index >= 15 is 0 Å². The number of nitro groups is 1. The van der Waals surface area contributed by atoms with Crippen LogP contribution in [0.4, 0.5) is 24.5 Å². The van der Waals surface area contributed by atoms with E-state index < -0.39 is 38.8 Å². The smallest absolute Gasteiger partial charge is 0.284 e. The molecule has 0 aliphatic heterocycles. The molecule has 0 saturated heterocycles. The van der Waals surface area contributed by atoms with E-state index in [4.69, 9.17) is 11.6 Å². The van der Waals surface area contributed by atoms with Gasteiger partial charge in [0.15, 0.2) is 12.1 Å². The lowest BCUT2D eigenvalue weighted by Gasteiger charge is -2.05. The summed E-state index contributed by atoms with van der Waals surface area (Å²) >= 11 is 5.51. The van der Waals surface area contributed by atoms with Gasteiger partial charge < -0.3 is 0 Å². The van der Waals surface area contributed by atoms with Gasteiger partial charge in [0, 0.05) is 27.4 Å². The highest BCUT2D eigenvalue weighted by Gasteiger charge is 2.41. The van der Waals surface area contributed by atoms with Gasteiger partial charge in [-0.2, -0.15) is 13.2 Å². The third-order valence-corrected chi connectivity index (χ3v) is 2.48. The van der Waals surface area contributed by atoms with Crippen molar-refractivity contribution in [3.63, 3.8) is 0 Å². The predicted octanol–water partition coefficient (Wildman–Crippen LogP) is 3.03. The van der Waals surface area contributed by atoms with Crippen LogP contribution in [0.5, 0.6) is 0 Å². The maximum Gasteiger partial charge on any atom is 0.454 e. The van der Waals surface area contributed by atoms with Gasteiger partial charge in [-0.1, -0.05) is 11.6 Å². The SMILES string of the molecule is C[N+](=O)c1cc(C(=O)C(F)(F)F)cc([N+](=O)[O-])c1Cl. The lowest BCUT2D eigenvalue weighted by molar-refractivity contribution is -0.429. The molecule has 102 valence electrons. The van der Waals surface area contributed by atoms with Crippen LogP contribution in [0.1, 0.15) is 10.4 Å². The number of Topliss-reactive ketones (excluding diaryl/α,β-unsaturated/α-hetero) is 1. The van der Waals surface area contributed by atoms with Crippen molar-refractivity contribution in [2.75, 3.05) is 7.05 Å². The van der Waals surface area contributed by atoms with E-state index in [1.54, 1.807) is 0 Å². The fourth-order valence-electron chi connectivity index (χ4n) is 1.25. The first-order valence-corrected chi connectivity index (χ1v) is 4.93. The second-order valence-corrected chi connectivity index (χ2v) is 3.79. The van der Waals surface area contributed by atoms with E-state index in [1.165, 1.54) is 0 Å². The van der Waals surface area contributed by atoms with E-state index in [9.17, 15) is 33.0 Å². The van der Waals surface area contributed by atoms with Gasteiger partial charge in [-0.3, -0.25) is 14.9 Å². The molecule has 0 N–H and O–H groups in total. The molecule has 0 unspecified atom stereocenters. The molecule has 1 aromatic rings. The second-order valence-electron chi connectivity index (χ2n) is 3.41. The molecule has 0 aromatic heterocycles. The topological polar surface area (TPSA) is 80.3 Å². The Morgan fingerprint density at radius 2 is 1.74 bits per heavy atom. The van der Waals surface area contributed by atoms with Crippen molar-refractivity contribution >= 4 is 28.8 Å². The fourth-order valence-corrected chi connectivity index (χ4v) is 1.55. The van der Waals surface area contributed by atoms with Gasteiger partial charge in [-0.05, 0) is 0 Å². The molecule has 0 fully saturated rings. The molecular formula is C9H5ClF3N2O4+. The van der Waals surface area contributed by atoms with Crippen LogP contribution in [-0.4, -0.2) is 28.7 Å². The summed E-state index contributed by atoms with van der Waals surface area (Å²) in [5.74, 6) is -2.30. The second kappa shape index (κ2) is 4.92. The highest BCUT2D eigenvalue weighted by molar-refractivity contribution is 6.35. The first kappa shape index (κ1) is 15.0. The van der Waals surface area contributed by atoms with Crippen molar-refractivity contribution in [1.82, 2.24) is 0 Å². The lowest BCUT2D eigenvalue weighted by atomic mass is 10.1. The first-order valence-electron chi connectivity index (χ1n) is 4.56. The summed E-state index contributed by atoms with van der Waals surface area (Å²) in [6, 6.07) is 0.934. The third kappa shape index (κ3) is 3.05. The maximum atomic E-state index is 12.3. The molecule has 1 aromatic carbocycles. The van der Waals surface area contributed by atoms with E-state index in [0.717, 1.165) is 7.05 Å². The van der Waals surface area contributed by atoms with Crippen LogP contribution in [0.3, 0.4) is 0 Å². The first-order chi connectivity index (χ1) is 8.55. The maximum absolute atomic E-state index is 12.3. The van der Waals surface area contributed by atoms with E-state index in [-0.39, 0.29) is 4.76 Å². The van der Waals surface area contributed by atoms with Gasteiger partial charge in [0.25, 0.3) is 17.2 Å². The Hall–Kier alpha value is -2.03. The number of hydrogen-bond acceptors (Lipinski definition) is 4. The number of alkyl halides is 3. The molecule has 19 heavy (non-hydrogen) atoms. The Labute approximate surface area is 108 Å². The molecule has 10 heteroatoms. The number of hydrogen-bond donors (Lipinski definition) is 0. The van der Waals surface area contributed by atoms with E-state index in [1.807, 2.05) is 0 Å². The minimum Gasteiger partial charge on any atom is -0.284 e. The quantitative estimate of drug-likeness (QED) is 0.372. The minimum absolute atomic E-state index is 0.0302. The Morgan fingerprint density at radius 3 is 2.11 bits per heavy atom. The number of rotatable bonds is 3. The highest BCUT2D eigenvalue weighted by atomic mass is 35.5. The van der Waals surface area contributed by atoms with Gasteiger partial charge >= 0.3 is 6.18 Å². The number of nitro benzene ring substituents is 1. The summed E-state index contributed by atoms with van der Waals surface area (Å²) in [6.45, 7) is 0. The number of carbonyl (C=O) groups excluding carboxylic acids is 1. The largest absolute Gasteiger partial charge is 0.454 e. The van der Waals surface area contributed by atoms with E-state index in [2.05, 4.69) is 0 Å². The molecule has 0 saturated carbocycles. The molecule has 0 radical (unpaired) electrons. The zero-order valence-electron chi connectivity index (χ0n) is 9.19. The number of halogens is 4. The normalized spacial score (nSPS) is 11.2. The average Bonchev–Trinajstić information content (AvgIpc) is 2.26. The van der Waals surface area contributed by atoms with Crippen LogP contribution in [0.25, 0.3) is 0 Å². The van der Waals surface area contributed by atoms with Crippen molar-refractivity contribution in [3.8, 4) is 0 Å². The third-order valence-electron chi connectivity index (χ3n) is 2.09. The van der Waals surface area contributed by atoms with Crippen molar-refractivity contribution in [2.24, 2.45) is 0 Å². The molecule has 6 nitrogen and oxygen atoms in total. The summed E-state index contributed by atoms with van der Waals surface area (Å²) in [5, 5.41) is 9.99. The molecule has 0 aliphatic carbocycles.